The number of hydrogen-bond donors (Lipinski definition) is 0. The summed E-state index contributed by atoms with van der Waals surface area (Å²) in [6.45, 7) is 0. The molecule has 0 spiro atoms. The maximum atomic E-state index is 10.6. The van der Waals surface area contributed by atoms with E-state index in [1.165, 1.54) is 19.2 Å². The Morgan fingerprint density at radius 2 is 2.27 bits per heavy atom. The second-order valence-electron chi connectivity index (χ2n) is 2.53. The molecule has 76 valence electrons. The SMILES string of the molecule is COc1ccc(C#CC=O)c([N+](=O)[O-])c1. The van der Waals surface area contributed by atoms with Crippen molar-refractivity contribution in [1.29, 1.82) is 0 Å². The van der Waals surface area contributed by atoms with Crippen molar-refractivity contribution in [3.63, 3.8) is 0 Å². The average Bonchev–Trinajstić information content (AvgIpc) is 2.26. The maximum Gasteiger partial charge on any atom is 0.288 e. The predicted octanol–water partition coefficient (Wildman–Crippen LogP) is 1.15. The summed E-state index contributed by atoms with van der Waals surface area (Å²) >= 11 is 0. The lowest BCUT2D eigenvalue weighted by molar-refractivity contribution is -0.385. The van der Waals surface area contributed by atoms with Gasteiger partial charge >= 0.3 is 0 Å². The molecule has 15 heavy (non-hydrogen) atoms. The highest BCUT2D eigenvalue weighted by molar-refractivity contribution is 5.75. The molecule has 0 N–H and O–H groups in total. The number of nitro benzene ring substituents is 1. The number of nitro groups is 1. The highest BCUT2D eigenvalue weighted by Crippen LogP contribution is 2.23. The minimum Gasteiger partial charge on any atom is -0.497 e. The molecule has 0 saturated carbocycles. The van der Waals surface area contributed by atoms with Gasteiger partial charge in [0.15, 0.2) is 6.29 Å². The molecule has 0 atom stereocenters. The van der Waals surface area contributed by atoms with E-state index in [0.29, 0.717) is 12.0 Å². The number of nitrogens with zero attached hydrogens (tertiary/aromatic N) is 1. The fourth-order valence-corrected chi connectivity index (χ4v) is 1.00. The van der Waals surface area contributed by atoms with Crippen LogP contribution in [0.25, 0.3) is 0 Å². The van der Waals surface area contributed by atoms with Crippen molar-refractivity contribution in [1.82, 2.24) is 0 Å². The highest BCUT2D eigenvalue weighted by atomic mass is 16.6. The molecule has 0 aliphatic heterocycles. The highest BCUT2D eigenvalue weighted by Gasteiger charge is 2.12. The molecular formula is C10H7NO4. The quantitative estimate of drug-likeness (QED) is 0.314. The van der Waals surface area contributed by atoms with Gasteiger partial charge in [0.25, 0.3) is 5.69 Å². The van der Waals surface area contributed by atoms with E-state index >= 15 is 0 Å². The second kappa shape index (κ2) is 4.77. The zero-order valence-electron chi connectivity index (χ0n) is 7.89. The summed E-state index contributed by atoms with van der Waals surface area (Å²) in [5.74, 6) is 4.88. The Labute approximate surface area is 85.8 Å². The van der Waals surface area contributed by atoms with E-state index < -0.39 is 4.92 Å². The van der Waals surface area contributed by atoms with Gasteiger partial charge in [-0.05, 0) is 18.1 Å². The molecule has 5 nitrogen and oxygen atoms in total. The van der Waals surface area contributed by atoms with E-state index in [1.54, 1.807) is 6.07 Å². The maximum absolute atomic E-state index is 10.6. The monoisotopic (exact) mass is 205 g/mol. The number of hydrogen-bond acceptors (Lipinski definition) is 4. The lowest BCUT2D eigenvalue weighted by Gasteiger charge is -2.00. The van der Waals surface area contributed by atoms with Gasteiger partial charge in [0.05, 0.1) is 18.1 Å². The van der Waals surface area contributed by atoms with Gasteiger partial charge in [0, 0.05) is 0 Å². The van der Waals surface area contributed by atoms with Crippen LogP contribution in [0.4, 0.5) is 5.69 Å². The first-order chi connectivity index (χ1) is 7.19. The van der Waals surface area contributed by atoms with Crippen molar-refractivity contribution in [3.8, 4) is 17.6 Å². The van der Waals surface area contributed by atoms with Crippen LogP contribution < -0.4 is 4.74 Å². The molecular weight excluding hydrogens is 198 g/mol. The number of carbonyl (C=O) groups is 1. The van der Waals surface area contributed by atoms with Gasteiger partial charge in [0.2, 0.25) is 0 Å². The van der Waals surface area contributed by atoms with E-state index in [-0.39, 0.29) is 11.3 Å². The van der Waals surface area contributed by atoms with Crippen molar-refractivity contribution < 1.29 is 14.5 Å². The van der Waals surface area contributed by atoms with Gasteiger partial charge in [-0.2, -0.15) is 0 Å². The van der Waals surface area contributed by atoms with Crippen molar-refractivity contribution in [2.75, 3.05) is 7.11 Å². The number of methoxy groups -OCH3 is 1. The average molecular weight is 205 g/mol. The number of carbonyl (C=O) groups excluding carboxylic acids is 1. The summed E-state index contributed by atoms with van der Waals surface area (Å²) in [6.07, 6.45) is 0.383. The van der Waals surface area contributed by atoms with Gasteiger partial charge in [-0.3, -0.25) is 14.9 Å². The molecule has 0 aromatic heterocycles. The summed E-state index contributed by atoms with van der Waals surface area (Å²) in [5.41, 5.74) is 0.0107. The Balaban J connectivity index is 3.26. The standard InChI is InChI=1S/C10H7NO4/c1-15-9-5-4-8(3-2-6-12)10(7-9)11(13)14/h4-7H,1H3. The Morgan fingerprint density at radius 1 is 1.53 bits per heavy atom. The molecule has 0 amide bonds. The summed E-state index contributed by atoms with van der Waals surface area (Å²) in [7, 11) is 1.41. The van der Waals surface area contributed by atoms with E-state index in [4.69, 9.17) is 4.74 Å². The molecule has 0 aliphatic carbocycles. The fraction of sp³-hybridized carbons (Fsp3) is 0.100. The Morgan fingerprint density at radius 3 is 2.80 bits per heavy atom. The Hall–Kier alpha value is -2.35. The third kappa shape index (κ3) is 2.54. The minimum atomic E-state index is -0.572. The van der Waals surface area contributed by atoms with Crippen LogP contribution in [0.1, 0.15) is 5.56 Å². The molecule has 1 aromatic rings. The first-order valence-corrected chi connectivity index (χ1v) is 3.96. The minimum absolute atomic E-state index is 0.177. The molecule has 0 heterocycles. The molecule has 0 radical (unpaired) electrons. The van der Waals surface area contributed by atoms with Crippen LogP contribution in [0.5, 0.6) is 5.75 Å². The number of aldehydes is 1. The molecule has 0 unspecified atom stereocenters. The first-order valence-electron chi connectivity index (χ1n) is 3.96. The largest absolute Gasteiger partial charge is 0.497 e. The second-order valence-corrected chi connectivity index (χ2v) is 2.53. The van der Waals surface area contributed by atoms with E-state index in [2.05, 4.69) is 11.8 Å². The third-order valence-corrected chi connectivity index (χ3v) is 1.67. The van der Waals surface area contributed by atoms with Crippen molar-refractivity contribution >= 4 is 12.0 Å². The van der Waals surface area contributed by atoms with Gasteiger partial charge in [-0.25, -0.2) is 0 Å². The van der Waals surface area contributed by atoms with Crippen molar-refractivity contribution in [2.24, 2.45) is 0 Å². The van der Waals surface area contributed by atoms with Gasteiger partial charge < -0.3 is 4.74 Å². The zero-order valence-corrected chi connectivity index (χ0v) is 7.89. The molecule has 0 saturated heterocycles. The normalized spacial score (nSPS) is 8.60. The van der Waals surface area contributed by atoms with Gasteiger partial charge in [-0.15, -0.1) is 0 Å². The van der Waals surface area contributed by atoms with Crippen LogP contribution in [-0.2, 0) is 4.79 Å². The molecule has 0 fully saturated rings. The van der Waals surface area contributed by atoms with Crippen molar-refractivity contribution in [3.05, 3.63) is 33.9 Å². The van der Waals surface area contributed by atoms with E-state index in [9.17, 15) is 14.9 Å². The number of ether oxygens (including phenoxy) is 1. The molecule has 1 aromatic carbocycles. The zero-order chi connectivity index (χ0) is 11.3. The Kier molecular flexibility index (Phi) is 3.41. The number of benzene rings is 1. The van der Waals surface area contributed by atoms with Gasteiger partial charge in [0.1, 0.15) is 11.3 Å². The molecule has 1 rings (SSSR count). The third-order valence-electron chi connectivity index (χ3n) is 1.67. The molecule has 5 heteroatoms. The smallest absolute Gasteiger partial charge is 0.288 e. The van der Waals surface area contributed by atoms with Gasteiger partial charge in [-0.1, -0.05) is 5.92 Å². The van der Waals surface area contributed by atoms with E-state index in [1.807, 2.05) is 0 Å². The van der Waals surface area contributed by atoms with Crippen LogP contribution in [-0.4, -0.2) is 18.3 Å². The Bertz CT molecular complexity index is 456. The van der Waals surface area contributed by atoms with E-state index in [0.717, 1.165) is 0 Å². The fourth-order valence-electron chi connectivity index (χ4n) is 1.00. The van der Waals surface area contributed by atoms with Crippen LogP contribution in [0.3, 0.4) is 0 Å². The predicted molar refractivity (Wildman–Crippen MR) is 52.6 cm³/mol. The summed E-state index contributed by atoms with van der Waals surface area (Å²) < 4.78 is 4.84. The number of rotatable bonds is 2. The first kappa shape index (κ1) is 10.7. The van der Waals surface area contributed by atoms with Crippen LogP contribution in [0.15, 0.2) is 18.2 Å². The summed E-state index contributed by atoms with van der Waals surface area (Å²) in [5, 5.41) is 10.6. The molecule has 0 aliphatic rings. The van der Waals surface area contributed by atoms with Crippen LogP contribution >= 0.6 is 0 Å². The molecule has 0 bridgehead atoms. The van der Waals surface area contributed by atoms with Crippen molar-refractivity contribution in [2.45, 2.75) is 0 Å². The lowest BCUT2D eigenvalue weighted by Crippen LogP contribution is -1.93. The van der Waals surface area contributed by atoms with Crippen LogP contribution in [0, 0.1) is 22.0 Å². The summed E-state index contributed by atoms with van der Waals surface area (Å²) in [4.78, 5) is 20.1. The summed E-state index contributed by atoms with van der Waals surface area (Å²) in [6, 6.07) is 4.24. The lowest BCUT2D eigenvalue weighted by atomic mass is 10.2. The topological polar surface area (TPSA) is 69.4 Å². The van der Waals surface area contributed by atoms with Crippen LogP contribution in [0.2, 0.25) is 0 Å².